The van der Waals surface area contributed by atoms with E-state index in [-0.39, 0.29) is 25.2 Å². The van der Waals surface area contributed by atoms with E-state index in [0.29, 0.717) is 19.4 Å². The van der Waals surface area contributed by atoms with Crippen molar-refractivity contribution in [1.29, 1.82) is 0 Å². The fraction of sp³-hybridized carbons (Fsp3) is 0.843. The Bertz CT molecular complexity index is 893. The van der Waals surface area contributed by atoms with Gasteiger partial charge in [0.15, 0.2) is 6.10 Å². The van der Waals surface area contributed by atoms with Crippen molar-refractivity contribution in [3.05, 3.63) is 36.5 Å². The van der Waals surface area contributed by atoms with Crippen LogP contribution < -0.4 is 0 Å². The Morgan fingerprint density at radius 1 is 0.393 bits per heavy atom. The topological polar surface area (TPSA) is 61.8 Å². The predicted octanol–water partition coefficient (Wildman–Crippen LogP) is 16.2. The van der Waals surface area contributed by atoms with Crippen LogP contribution in [0.25, 0.3) is 0 Å². The third-order valence-electron chi connectivity index (χ3n) is 10.6. The summed E-state index contributed by atoms with van der Waals surface area (Å²) in [7, 11) is 0. The summed E-state index contributed by atoms with van der Waals surface area (Å²) >= 11 is 0. The van der Waals surface area contributed by atoms with E-state index in [1.807, 2.05) is 0 Å². The van der Waals surface area contributed by atoms with E-state index >= 15 is 0 Å². The fourth-order valence-electron chi connectivity index (χ4n) is 6.95. The van der Waals surface area contributed by atoms with E-state index < -0.39 is 6.10 Å². The molecule has 0 spiro atoms. The first-order valence-corrected chi connectivity index (χ1v) is 24.5. The van der Waals surface area contributed by atoms with Gasteiger partial charge in [0.05, 0.1) is 6.61 Å². The molecule has 0 rings (SSSR count). The Morgan fingerprint density at radius 3 is 1.23 bits per heavy atom. The molecule has 0 heterocycles. The first-order valence-electron chi connectivity index (χ1n) is 24.5. The summed E-state index contributed by atoms with van der Waals surface area (Å²) in [6.07, 6.45) is 56.0. The number of hydrogen-bond donors (Lipinski definition) is 0. The molecule has 0 aliphatic heterocycles. The molecule has 0 radical (unpaired) electrons. The molecule has 0 saturated heterocycles. The Morgan fingerprint density at radius 2 is 0.750 bits per heavy atom. The second-order valence-electron chi connectivity index (χ2n) is 16.4. The molecule has 5 heteroatoms. The highest BCUT2D eigenvalue weighted by atomic mass is 16.6. The maximum absolute atomic E-state index is 12.6. The molecule has 56 heavy (non-hydrogen) atoms. The summed E-state index contributed by atoms with van der Waals surface area (Å²) in [6, 6.07) is 0. The zero-order valence-electron chi connectivity index (χ0n) is 37.7. The van der Waals surface area contributed by atoms with Crippen LogP contribution in [0.1, 0.15) is 252 Å². The van der Waals surface area contributed by atoms with Gasteiger partial charge in [0, 0.05) is 19.4 Å². The summed E-state index contributed by atoms with van der Waals surface area (Å²) in [5.41, 5.74) is 0. The molecule has 0 aliphatic rings. The summed E-state index contributed by atoms with van der Waals surface area (Å²) in [5, 5.41) is 0. The van der Waals surface area contributed by atoms with Gasteiger partial charge in [-0.2, -0.15) is 0 Å². The van der Waals surface area contributed by atoms with Gasteiger partial charge in [-0.05, 0) is 77.0 Å². The minimum absolute atomic E-state index is 0.0824. The van der Waals surface area contributed by atoms with Crippen molar-refractivity contribution in [2.24, 2.45) is 0 Å². The average molecular weight is 787 g/mol. The van der Waals surface area contributed by atoms with Gasteiger partial charge in [-0.25, -0.2) is 0 Å². The van der Waals surface area contributed by atoms with Crippen LogP contribution in [-0.2, 0) is 23.8 Å². The number of carbonyl (C=O) groups is 2. The van der Waals surface area contributed by atoms with Gasteiger partial charge in [0.2, 0.25) is 0 Å². The molecular formula is C51H94O5. The minimum atomic E-state index is -0.533. The zero-order chi connectivity index (χ0) is 40.7. The first kappa shape index (κ1) is 54.1. The van der Waals surface area contributed by atoms with Crippen LogP contribution >= 0.6 is 0 Å². The monoisotopic (exact) mass is 787 g/mol. The highest BCUT2D eigenvalue weighted by Gasteiger charge is 2.17. The Labute approximate surface area is 349 Å². The van der Waals surface area contributed by atoms with Gasteiger partial charge in [-0.3, -0.25) is 9.59 Å². The van der Waals surface area contributed by atoms with E-state index in [1.165, 1.54) is 161 Å². The van der Waals surface area contributed by atoms with E-state index in [4.69, 9.17) is 14.2 Å². The van der Waals surface area contributed by atoms with Crippen molar-refractivity contribution in [3.8, 4) is 0 Å². The Hall–Kier alpha value is -1.88. The zero-order valence-corrected chi connectivity index (χ0v) is 37.7. The van der Waals surface area contributed by atoms with E-state index in [2.05, 4.69) is 57.2 Å². The SMILES string of the molecule is CCCCC/C=C\C/C=C\CCCCCCCCCC(=O)OCC(COCCCCCCCCCC/C=C\CCCCCCCC)OC(=O)CCCCCCC. The molecule has 1 atom stereocenters. The number of rotatable bonds is 45. The van der Waals surface area contributed by atoms with Crippen LogP contribution in [0.4, 0.5) is 0 Å². The Balaban J connectivity index is 4.02. The summed E-state index contributed by atoms with van der Waals surface area (Å²) < 4.78 is 17.2. The second kappa shape index (κ2) is 47.5. The number of carbonyl (C=O) groups excluding carboxylic acids is 2. The van der Waals surface area contributed by atoms with Crippen LogP contribution in [0.2, 0.25) is 0 Å². The summed E-state index contributed by atoms with van der Waals surface area (Å²) in [4.78, 5) is 25.1. The normalized spacial score (nSPS) is 12.4. The smallest absolute Gasteiger partial charge is 0.306 e. The first-order chi connectivity index (χ1) is 27.6. The van der Waals surface area contributed by atoms with Gasteiger partial charge in [0.25, 0.3) is 0 Å². The van der Waals surface area contributed by atoms with E-state index in [1.54, 1.807) is 0 Å². The van der Waals surface area contributed by atoms with Gasteiger partial charge < -0.3 is 14.2 Å². The van der Waals surface area contributed by atoms with E-state index in [0.717, 1.165) is 57.8 Å². The quantitative estimate of drug-likeness (QED) is 0.0349. The van der Waals surface area contributed by atoms with Crippen LogP contribution in [-0.4, -0.2) is 37.9 Å². The van der Waals surface area contributed by atoms with E-state index in [9.17, 15) is 9.59 Å². The third-order valence-corrected chi connectivity index (χ3v) is 10.6. The lowest BCUT2D eigenvalue weighted by Crippen LogP contribution is -2.30. The molecule has 0 amide bonds. The van der Waals surface area contributed by atoms with Gasteiger partial charge in [-0.15, -0.1) is 0 Å². The molecule has 328 valence electrons. The summed E-state index contributed by atoms with van der Waals surface area (Å²) in [5.74, 6) is -0.412. The number of unbranched alkanes of at least 4 members (excludes halogenated alkanes) is 28. The highest BCUT2D eigenvalue weighted by molar-refractivity contribution is 5.70. The molecule has 0 aromatic heterocycles. The van der Waals surface area contributed by atoms with Crippen LogP contribution in [0.5, 0.6) is 0 Å². The van der Waals surface area contributed by atoms with Crippen molar-refractivity contribution in [3.63, 3.8) is 0 Å². The largest absolute Gasteiger partial charge is 0.462 e. The predicted molar refractivity (Wildman–Crippen MR) is 242 cm³/mol. The molecule has 0 saturated carbocycles. The molecule has 0 fully saturated rings. The molecule has 0 aliphatic carbocycles. The minimum Gasteiger partial charge on any atom is -0.462 e. The van der Waals surface area contributed by atoms with Crippen molar-refractivity contribution >= 4 is 11.9 Å². The van der Waals surface area contributed by atoms with Crippen LogP contribution in [0.3, 0.4) is 0 Å². The molecule has 0 N–H and O–H groups in total. The van der Waals surface area contributed by atoms with Crippen molar-refractivity contribution < 1.29 is 23.8 Å². The fourth-order valence-corrected chi connectivity index (χ4v) is 6.95. The maximum Gasteiger partial charge on any atom is 0.306 e. The standard InChI is InChI=1S/C51H94O5/c1-4-7-10-13-15-17-19-21-23-25-27-29-31-33-35-37-40-43-46-54-47-49(56-51(53)45-42-38-12-9-6-3)48-55-50(52)44-41-39-36-34-32-30-28-26-24-22-20-18-16-14-11-8-5-2/h16,18,21-24,49H,4-15,17,19-20,25-48H2,1-3H3/b18-16-,23-21-,24-22-. The number of allylic oxidation sites excluding steroid dienone is 6. The lowest BCUT2D eigenvalue weighted by atomic mass is 10.1. The lowest BCUT2D eigenvalue weighted by Gasteiger charge is -2.18. The van der Waals surface area contributed by atoms with Crippen molar-refractivity contribution in [1.82, 2.24) is 0 Å². The third kappa shape index (κ3) is 44.8. The van der Waals surface area contributed by atoms with Crippen molar-refractivity contribution in [2.45, 2.75) is 258 Å². The molecule has 5 nitrogen and oxygen atoms in total. The number of ether oxygens (including phenoxy) is 3. The number of esters is 2. The molecule has 0 aromatic rings. The maximum atomic E-state index is 12.6. The number of hydrogen-bond acceptors (Lipinski definition) is 5. The molecule has 1 unspecified atom stereocenters. The van der Waals surface area contributed by atoms with Gasteiger partial charge in [0.1, 0.15) is 6.61 Å². The van der Waals surface area contributed by atoms with Crippen LogP contribution in [0, 0.1) is 0 Å². The molecule has 0 bridgehead atoms. The summed E-state index contributed by atoms with van der Waals surface area (Å²) in [6.45, 7) is 7.74. The lowest BCUT2D eigenvalue weighted by molar-refractivity contribution is -0.163. The second-order valence-corrected chi connectivity index (χ2v) is 16.4. The van der Waals surface area contributed by atoms with Crippen LogP contribution in [0.15, 0.2) is 36.5 Å². The average Bonchev–Trinajstić information content (AvgIpc) is 3.20. The van der Waals surface area contributed by atoms with Gasteiger partial charge >= 0.3 is 11.9 Å². The Kier molecular flexibility index (Phi) is 45.9. The van der Waals surface area contributed by atoms with Crippen molar-refractivity contribution in [2.75, 3.05) is 19.8 Å². The molecule has 0 aromatic carbocycles. The molecular weight excluding hydrogens is 693 g/mol. The highest BCUT2D eigenvalue weighted by Crippen LogP contribution is 2.14. The van der Waals surface area contributed by atoms with Gasteiger partial charge in [-0.1, -0.05) is 198 Å².